The summed E-state index contributed by atoms with van der Waals surface area (Å²) in [6.45, 7) is 2.18. The molecule has 1 aromatic heterocycles. The van der Waals surface area contributed by atoms with Gasteiger partial charge in [-0.15, -0.1) is 11.3 Å². The summed E-state index contributed by atoms with van der Waals surface area (Å²) in [6, 6.07) is 11.8. The molecule has 1 N–H and O–H groups in total. The van der Waals surface area contributed by atoms with Gasteiger partial charge in [-0.1, -0.05) is 0 Å². The highest BCUT2D eigenvalue weighted by molar-refractivity contribution is 7.09. The van der Waals surface area contributed by atoms with E-state index in [0.717, 1.165) is 22.7 Å². The van der Waals surface area contributed by atoms with Crippen LogP contribution in [0.3, 0.4) is 0 Å². The van der Waals surface area contributed by atoms with E-state index in [1.54, 1.807) is 56.7 Å². The summed E-state index contributed by atoms with van der Waals surface area (Å²) in [5, 5.41) is 5.81. The molecule has 8 nitrogen and oxygen atoms in total. The van der Waals surface area contributed by atoms with E-state index in [4.69, 9.17) is 14.2 Å². The molecule has 33 heavy (non-hydrogen) atoms. The number of ether oxygens (including phenoxy) is 3. The zero-order valence-electron chi connectivity index (χ0n) is 18.7. The number of anilines is 2. The summed E-state index contributed by atoms with van der Waals surface area (Å²) in [5.41, 5.74) is 2.82. The van der Waals surface area contributed by atoms with E-state index in [2.05, 4.69) is 10.3 Å². The fourth-order valence-electron chi connectivity index (χ4n) is 3.54. The van der Waals surface area contributed by atoms with Crippen LogP contribution in [0.2, 0.25) is 0 Å². The van der Waals surface area contributed by atoms with Crippen molar-refractivity contribution >= 4 is 34.5 Å². The number of carbonyl (C=O) groups excluding carboxylic acids is 2. The second kappa shape index (κ2) is 10.0. The monoisotopic (exact) mass is 467 g/mol. The predicted molar refractivity (Wildman–Crippen MR) is 127 cm³/mol. The Kier molecular flexibility index (Phi) is 6.90. The largest absolute Gasteiger partial charge is 0.497 e. The summed E-state index contributed by atoms with van der Waals surface area (Å²) in [4.78, 5) is 31.9. The Morgan fingerprint density at radius 3 is 2.76 bits per heavy atom. The lowest BCUT2D eigenvalue weighted by molar-refractivity contribution is -0.125. The van der Waals surface area contributed by atoms with Crippen LogP contribution in [0.5, 0.6) is 11.5 Å². The molecule has 1 atom stereocenters. The van der Waals surface area contributed by atoms with Crippen molar-refractivity contribution in [3.63, 3.8) is 0 Å². The first kappa shape index (κ1) is 22.8. The van der Waals surface area contributed by atoms with Gasteiger partial charge in [0, 0.05) is 30.2 Å². The molecule has 0 bridgehead atoms. The molecule has 3 aromatic rings. The number of amides is 2. The van der Waals surface area contributed by atoms with Crippen molar-refractivity contribution in [3.8, 4) is 22.8 Å². The molecule has 2 amide bonds. The number of nitrogens with zero attached hydrogens (tertiary/aromatic N) is 2. The third-order valence-electron chi connectivity index (χ3n) is 5.33. The quantitative estimate of drug-likeness (QED) is 0.543. The van der Waals surface area contributed by atoms with E-state index in [0.29, 0.717) is 29.5 Å². The Bertz CT molecular complexity index is 1150. The van der Waals surface area contributed by atoms with E-state index in [9.17, 15) is 9.59 Å². The summed E-state index contributed by atoms with van der Waals surface area (Å²) in [7, 11) is 3.24. The number of hydrogen-bond acceptors (Lipinski definition) is 7. The van der Waals surface area contributed by atoms with Gasteiger partial charge in [-0.05, 0) is 49.4 Å². The average Bonchev–Trinajstić information content (AvgIpc) is 3.31. The molecule has 4 rings (SSSR count). The van der Waals surface area contributed by atoms with Gasteiger partial charge in [-0.2, -0.15) is 0 Å². The van der Waals surface area contributed by atoms with Crippen LogP contribution >= 0.6 is 11.3 Å². The number of benzene rings is 2. The van der Waals surface area contributed by atoms with Crippen molar-refractivity contribution in [2.24, 2.45) is 0 Å². The van der Waals surface area contributed by atoms with E-state index < -0.39 is 6.04 Å². The molecule has 2 aromatic carbocycles. The highest BCUT2D eigenvalue weighted by atomic mass is 32.1. The molecule has 1 aliphatic rings. The van der Waals surface area contributed by atoms with Crippen molar-refractivity contribution in [2.75, 3.05) is 37.7 Å². The summed E-state index contributed by atoms with van der Waals surface area (Å²) in [5.74, 6) is 0.661. The molecule has 9 heteroatoms. The first-order valence-electron chi connectivity index (χ1n) is 10.5. The van der Waals surface area contributed by atoms with Gasteiger partial charge in [0.1, 0.15) is 17.5 Å². The SMILES string of the molecule is COCCc1nc(-c2ccc3c(c2)N(C(C)C(=O)Nc2ccc(OC)cc2)C(=O)CO3)cs1. The lowest BCUT2D eigenvalue weighted by Gasteiger charge is -2.33. The topological polar surface area (TPSA) is 90.0 Å². The lowest BCUT2D eigenvalue weighted by atomic mass is 10.1. The van der Waals surface area contributed by atoms with Gasteiger partial charge in [-0.3, -0.25) is 14.5 Å². The maximum absolute atomic E-state index is 13.0. The lowest BCUT2D eigenvalue weighted by Crippen LogP contribution is -2.49. The number of thiazole rings is 1. The molecule has 0 saturated carbocycles. The van der Waals surface area contributed by atoms with Gasteiger partial charge < -0.3 is 19.5 Å². The minimum atomic E-state index is -0.745. The van der Waals surface area contributed by atoms with E-state index in [-0.39, 0.29) is 18.4 Å². The third-order valence-corrected chi connectivity index (χ3v) is 6.24. The van der Waals surface area contributed by atoms with Crippen LogP contribution in [0, 0.1) is 0 Å². The highest BCUT2D eigenvalue weighted by Crippen LogP contribution is 2.37. The number of methoxy groups -OCH3 is 2. The fourth-order valence-corrected chi connectivity index (χ4v) is 4.33. The number of carbonyl (C=O) groups is 2. The minimum absolute atomic E-state index is 0.121. The fraction of sp³-hybridized carbons (Fsp3) is 0.292. The number of hydrogen-bond donors (Lipinski definition) is 1. The van der Waals surface area contributed by atoms with Gasteiger partial charge in [0.2, 0.25) is 5.91 Å². The van der Waals surface area contributed by atoms with Gasteiger partial charge in [0.25, 0.3) is 5.91 Å². The first-order chi connectivity index (χ1) is 16.0. The predicted octanol–water partition coefficient (Wildman–Crippen LogP) is 3.76. The standard InChI is InChI=1S/C24H25N3O5S/c1-15(24(29)25-17-5-7-18(31-3)8-6-17)27-20-12-16(4-9-21(20)32-13-23(27)28)19-14-33-22(26-19)10-11-30-2/h4-9,12,14-15H,10-11,13H2,1-3H3,(H,25,29). The molecule has 0 aliphatic carbocycles. The molecule has 2 heterocycles. The molecular formula is C24H25N3O5S. The van der Waals surface area contributed by atoms with Crippen LogP contribution in [0.15, 0.2) is 47.8 Å². The molecule has 0 radical (unpaired) electrons. The maximum atomic E-state index is 13.0. The van der Waals surface area contributed by atoms with Crippen LogP contribution in [0.1, 0.15) is 11.9 Å². The van der Waals surface area contributed by atoms with Gasteiger partial charge in [0.05, 0.1) is 30.1 Å². The number of rotatable bonds is 8. The number of nitrogens with one attached hydrogen (secondary N) is 1. The van der Waals surface area contributed by atoms with E-state index in [1.807, 2.05) is 23.6 Å². The Hall–Kier alpha value is -3.43. The minimum Gasteiger partial charge on any atom is -0.497 e. The van der Waals surface area contributed by atoms with E-state index >= 15 is 0 Å². The molecule has 1 unspecified atom stereocenters. The second-order valence-electron chi connectivity index (χ2n) is 7.50. The van der Waals surface area contributed by atoms with Gasteiger partial charge in [-0.25, -0.2) is 4.98 Å². The zero-order chi connectivity index (χ0) is 23.4. The Labute approximate surface area is 196 Å². The zero-order valence-corrected chi connectivity index (χ0v) is 19.5. The Balaban J connectivity index is 1.57. The van der Waals surface area contributed by atoms with Gasteiger partial charge in [0.15, 0.2) is 6.61 Å². The van der Waals surface area contributed by atoms with Crippen molar-refractivity contribution in [2.45, 2.75) is 19.4 Å². The van der Waals surface area contributed by atoms with Gasteiger partial charge >= 0.3 is 0 Å². The van der Waals surface area contributed by atoms with Crippen LogP contribution in [0.25, 0.3) is 11.3 Å². The van der Waals surface area contributed by atoms with Crippen molar-refractivity contribution in [3.05, 3.63) is 52.9 Å². The first-order valence-corrected chi connectivity index (χ1v) is 11.4. The number of fused-ring (bicyclic) bond motifs is 1. The Morgan fingerprint density at radius 2 is 2.03 bits per heavy atom. The van der Waals surface area contributed by atoms with Crippen LogP contribution in [-0.2, 0) is 20.7 Å². The van der Waals surface area contributed by atoms with Crippen molar-refractivity contribution in [1.82, 2.24) is 4.98 Å². The van der Waals surface area contributed by atoms with Crippen molar-refractivity contribution in [1.29, 1.82) is 0 Å². The van der Waals surface area contributed by atoms with Crippen molar-refractivity contribution < 1.29 is 23.8 Å². The third kappa shape index (κ3) is 4.99. The summed E-state index contributed by atoms with van der Waals surface area (Å²) >= 11 is 1.56. The second-order valence-corrected chi connectivity index (χ2v) is 8.44. The van der Waals surface area contributed by atoms with Crippen LogP contribution < -0.4 is 19.7 Å². The summed E-state index contributed by atoms with van der Waals surface area (Å²) in [6.07, 6.45) is 0.738. The normalized spacial score (nSPS) is 13.8. The Morgan fingerprint density at radius 1 is 1.24 bits per heavy atom. The maximum Gasteiger partial charge on any atom is 0.265 e. The molecule has 0 spiro atoms. The van der Waals surface area contributed by atoms with Crippen LogP contribution in [0.4, 0.5) is 11.4 Å². The molecule has 1 aliphatic heterocycles. The molecular weight excluding hydrogens is 442 g/mol. The highest BCUT2D eigenvalue weighted by Gasteiger charge is 2.33. The van der Waals surface area contributed by atoms with Crippen LogP contribution in [-0.4, -0.2) is 50.3 Å². The smallest absolute Gasteiger partial charge is 0.265 e. The molecule has 0 fully saturated rings. The molecule has 0 saturated heterocycles. The summed E-state index contributed by atoms with van der Waals surface area (Å²) < 4.78 is 15.9. The molecule has 172 valence electrons. The number of aromatic nitrogens is 1. The van der Waals surface area contributed by atoms with E-state index in [1.165, 1.54) is 4.90 Å². The average molecular weight is 468 g/mol.